The maximum Gasteiger partial charge on any atom is 0.343 e. The summed E-state index contributed by atoms with van der Waals surface area (Å²) in [6.07, 6.45) is 2.22. The summed E-state index contributed by atoms with van der Waals surface area (Å²) in [6, 6.07) is -0.567. The first-order valence-corrected chi connectivity index (χ1v) is 4.47. The van der Waals surface area contributed by atoms with E-state index in [0.29, 0.717) is 5.84 Å². The van der Waals surface area contributed by atoms with E-state index in [2.05, 4.69) is 10.3 Å². The van der Waals surface area contributed by atoms with Gasteiger partial charge in [0.05, 0.1) is 12.2 Å². The largest absolute Gasteiger partial charge is 0.385 e. The maximum absolute atomic E-state index is 10.9. The molecule has 2 amide bonds. The van der Waals surface area contributed by atoms with Crippen molar-refractivity contribution in [2.75, 3.05) is 0 Å². The third-order valence-electron chi connectivity index (χ3n) is 2.46. The maximum atomic E-state index is 10.9. The zero-order valence-corrected chi connectivity index (χ0v) is 7.49. The second-order valence-electron chi connectivity index (χ2n) is 3.53. The molecule has 0 spiro atoms. The van der Waals surface area contributed by atoms with Crippen LogP contribution in [0.1, 0.15) is 19.8 Å². The number of amidine groups is 1. The molecule has 0 aromatic carbocycles. The van der Waals surface area contributed by atoms with Crippen LogP contribution >= 0.6 is 0 Å². The highest BCUT2D eigenvalue weighted by atomic mass is 16.5. The Labute approximate surface area is 76.3 Å². The van der Waals surface area contributed by atoms with Crippen LogP contribution in [0.15, 0.2) is 4.99 Å². The highest BCUT2D eigenvalue weighted by Gasteiger charge is 2.36. The van der Waals surface area contributed by atoms with Crippen molar-refractivity contribution in [3.63, 3.8) is 0 Å². The number of amides is 2. The molecule has 2 aliphatic heterocycles. The number of nitrogens with zero attached hydrogens (tertiary/aromatic N) is 1. The van der Waals surface area contributed by atoms with E-state index in [1.165, 1.54) is 0 Å². The highest BCUT2D eigenvalue weighted by Crippen LogP contribution is 2.23. The molecule has 2 heterocycles. The molecule has 0 radical (unpaired) electrons. The smallest absolute Gasteiger partial charge is 0.343 e. The number of urea groups is 1. The van der Waals surface area contributed by atoms with Gasteiger partial charge >= 0.3 is 6.03 Å². The van der Waals surface area contributed by atoms with Crippen molar-refractivity contribution in [1.29, 1.82) is 0 Å². The lowest BCUT2D eigenvalue weighted by Gasteiger charge is -2.18. The predicted octanol–water partition coefficient (Wildman–Crippen LogP) is 0.00290. The van der Waals surface area contributed by atoms with Crippen LogP contribution < -0.4 is 11.1 Å². The zero-order valence-electron chi connectivity index (χ0n) is 7.49. The van der Waals surface area contributed by atoms with Crippen LogP contribution in [0.5, 0.6) is 0 Å². The SMILES string of the molecule is CC1CCC(C2NC(=O)N=C2N)O1. The summed E-state index contributed by atoms with van der Waals surface area (Å²) in [5.74, 6) is 0.351. The number of carbonyl (C=O) groups is 1. The molecule has 3 unspecified atom stereocenters. The van der Waals surface area contributed by atoms with Gasteiger partial charge in [0.25, 0.3) is 0 Å². The zero-order chi connectivity index (χ0) is 9.42. The van der Waals surface area contributed by atoms with Crippen LogP contribution in [0.4, 0.5) is 4.79 Å². The van der Waals surface area contributed by atoms with E-state index in [0.717, 1.165) is 12.8 Å². The molecule has 3 atom stereocenters. The number of rotatable bonds is 1. The minimum absolute atomic E-state index is 0.00481. The van der Waals surface area contributed by atoms with Gasteiger partial charge in [-0.1, -0.05) is 0 Å². The molecular formula is C8H13N3O2. The quantitative estimate of drug-likeness (QED) is 0.600. The number of hydrogen-bond donors (Lipinski definition) is 2. The number of ether oxygens (including phenoxy) is 1. The fourth-order valence-electron chi connectivity index (χ4n) is 1.79. The molecule has 0 bridgehead atoms. The van der Waals surface area contributed by atoms with E-state index in [-0.39, 0.29) is 24.3 Å². The summed E-state index contributed by atoms with van der Waals surface area (Å²) in [4.78, 5) is 14.5. The van der Waals surface area contributed by atoms with Crippen LogP contribution in [0.3, 0.4) is 0 Å². The van der Waals surface area contributed by atoms with Gasteiger partial charge in [-0.05, 0) is 19.8 Å². The van der Waals surface area contributed by atoms with Gasteiger partial charge in [-0.2, -0.15) is 4.99 Å². The predicted molar refractivity (Wildman–Crippen MR) is 47.5 cm³/mol. The molecule has 0 saturated carbocycles. The van der Waals surface area contributed by atoms with Crippen molar-refractivity contribution in [2.24, 2.45) is 10.7 Å². The van der Waals surface area contributed by atoms with E-state index in [9.17, 15) is 4.79 Å². The molecule has 0 aromatic rings. The Hall–Kier alpha value is -1.10. The van der Waals surface area contributed by atoms with Crippen LogP contribution in [-0.2, 0) is 4.74 Å². The second-order valence-corrected chi connectivity index (χ2v) is 3.53. The normalized spacial score (nSPS) is 39.0. The molecule has 3 N–H and O–H groups in total. The number of nitrogens with two attached hydrogens (primary N) is 1. The van der Waals surface area contributed by atoms with Gasteiger partial charge in [0.1, 0.15) is 11.9 Å². The van der Waals surface area contributed by atoms with Gasteiger partial charge in [-0.25, -0.2) is 4.79 Å². The Kier molecular flexibility index (Phi) is 1.95. The topological polar surface area (TPSA) is 76.7 Å². The first-order valence-electron chi connectivity index (χ1n) is 4.47. The van der Waals surface area contributed by atoms with Gasteiger partial charge in [0.15, 0.2) is 0 Å². The van der Waals surface area contributed by atoms with E-state index < -0.39 is 0 Å². The van der Waals surface area contributed by atoms with Crippen molar-refractivity contribution in [2.45, 2.75) is 38.0 Å². The fraction of sp³-hybridized carbons (Fsp3) is 0.750. The number of aliphatic imine (C=N–C) groups is 1. The van der Waals surface area contributed by atoms with Crippen molar-refractivity contribution < 1.29 is 9.53 Å². The second kappa shape index (κ2) is 2.99. The minimum atomic E-state index is -0.356. The third kappa shape index (κ3) is 1.51. The number of carbonyl (C=O) groups excluding carboxylic acids is 1. The van der Waals surface area contributed by atoms with Crippen molar-refractivity contribution in [1.82, 2.24) is 5.32 Å². The number of nitrogens with one attached hydrogen (secondary N) is 1. The van der Waals surface area contributed by atoms with Gasteiger partial charge in [-0.3, -0.25) is 0 Å². The number of hydrogen-bond acceptors (Lipinski definition) is 3. The first kappa shape index (κ1) is 8.50. The summed E-state index contributed by atoms with van der Waals surface area (Å²) >= 11 is 0. The lowest BCUT2D eigenvalue weighted by atomic mass is 10.1. The molecule has 13 heavy (non-hydrogen) atoms. The summed E-state index contributed by atoms with van der Waals surface area (Å²) in [5, 5.41) is 2.67. The van der Waals surface area contributed by atoms with Crippen LogP contribution in [0.2, 0.25) is 0 Å². The van der Waals surface area contributed by atoms with Crippen LogP contribution in [-0.4, -0.2) is 30.1 Å². The molecular weight excluding hydrogens is 170 g/mol. The minimum Gasteiger partial charge on any atom is -0.385 e. The molecule has 2 rings (SSSR count). The Bertz CT molecular complexity index is 264. The van der Waals surface area contributed by atoms with E-state index in [1.54, 1.807) is 0 Å². The van der Waals surface area contributed by atoms with E-state index >= 15 is 0 Å². The molecule has 2 aliphatic rings. The standard InChI is InChI=1S/C8H13N3O2/c1-4-2-3-5(13-4)6-7(9)11-8(12)10-6/h4-6H,2-3H2,1H3,(H3,9,10,11,12). The molecule has 1 saturated heterocycles. The Morgan fingerprint density at radius 3 is 2.85 bits per heavy atom. The van der Waals surface area contributed by atoms with Crippen molar-refractivity contribution in [3.8, 4) is 0 Å². The van der Waals surface area contributed by atoms with Gasteiger partial charge in [0.2, 0.25) is 0 Å². The Morgan fingerprint density at radius 2 is 2.38 bits per heavy atom. The summed E-state index contributed by atoms with van der Waals surface area (Å²) in [5.41, 5.74) is 5.58. The lowest BCUT2D eigenvalue weighted by molar-refractivity contribution is 0.0484. The molecule has 5 heteroatoms. The molecule has 0 aromatic heterocycles. The molecule has 1 fully saturated rings. The third-order valence-corrected chi connectivity index (χ3v) is 2.46. The Morgan fingerprint density at radius 1 is 1.62 bits per heavy atom. The van der Waals surface area contributed by atoms with Gasteiger partial charge in [0, 0.05) is 0 Å². The summed E-state index contributed by atoms with van der Waals surface area (Å²) in [6.45, 7) is 2.02. The van der Waals surface area contributed by atoms with Gasteiger partial charge < -0.3 is 15.8 Å². The van der Waals surface area contributed by atoms with Crippen LogP contribution in [0, 0.1) is 0 Å². The fourth-order valence-corrected chi connectivity index (χ4v) is 1.79. The lowest BCUT2D eigenvalue weighted by Crippen LogP contribution is -2.45. The summed E-state index contributed by atoms with van der Waals surface area (Å²) < 4.78 is 5.59. The van der Waals surface area contributed by atoms with Crippen molar-refractivity contribution >= 4 is 11.9 Å². The average Bonchev–Trinajstić information content (AvgIpc) is 2.58. The van der Waals surface area contributed by atoms with Gasteiger partial charge in [-0.15, -0.1) is 0 Å². The molecule has 72 valence electrons. The van der Waals surface area contributed by atoms with E-state index in [1.807, 2.05) is 6.92 Å². The highest BCUT2D eigenvalue weighted by molar-refractivity contribution is 6.03. The van der Waals surface area contributed by atoms with E-state index in [4.69, 9.17) is 10.5 Å². The average molecular weight is 183 g/mol. The van der Waals surface area contributed by atoms with Crippen molar-refractivity contribution in [3.05, 3.63) is 0 Å². The molecule has 0 aliphatic carbocycles. The molecule has 5 nitrogen and oxygen atoms in total. The van der Waals surface area contributed by atoms with Crippen LogP contribution in [0.25, 0.3) is 0 Å². The first-order chi connectivity index (χ1) is 6.16. The summed E-state index contributed by atoms with van der Waals surface area (Å²) in [7, 11) is 0. The Balaban J connectivity index is 2.03. The monoisotopic (exact) mass is 183 g/mol.